The first-order valence-corrected chi connectivity index (χ1v) is 3.28. The first-order chi connectivity index (χ1) is 4.24. The lowest BCUT2D eigenvalue weighted by atomic mass is 10.2. The molecule has 4 heteroatoms. The van der Waals surface area contributed by atoms with E-state index in [0.717, 1.165) is 13.1 Å². The second kappa shape index (κ2) is 2.69. The Labute approximate surface area is 56.5 Å². The lowest BCUT2D eigenvalue weighted by Gasteiger charge is -2.10. The predicted molar refractivity (Wildman–Crippen MR) is 39.0 cm³/mol. The Morgan fingerprint density at radius 1 is 1.67 bits per heavy atom. The van der Waals surface area contributed by atoms with Gasteiger partial charge in [0.25, 0.3) is 0 Å². The molecule has 1 saturated heterocycles. The van der Waals surface area contributed by atoms with Crippen LogP contribution < -0.4 is 5.32 Å². The zero-order valence-corrected chi connectivity index (χ0v) is 5.96. The van der Waals surface area contributed by atoms with Gasteiger partial charge >= 0.3 is 0 Å². The zero-order valence-electron chi connectivity index (χ0n) is 5.96. The summed E-state index contributed by atoms with van der Waals surface area (Å²) in [6.07, 6.45) is -0.181. The van der Waals surface area contributed by atoms with Crippen molar-refractivity contribution < 1.29 is 5.11 Å². The van der Waals surface area contributed by atoms with Crippen LogP contribution in [0.15, 0.2) is 0 Å². The van der Waals surface area contributed by atoms with Gasteiger partial charge in [-0.25, -0.2) is 0 Å². The number of rotatable bonds is 1. The van der Waals surface area contributed by atoms with Gasteiger partial charge in [-0.1, -0.05) is 0 Å². The van der Waals surface area contributed by atoms with Gasteiger partial charge in [0.15, 0.2) is 7.98 Å². The van der Waals surface area contributed by atoms with Crippen molar-refractivity contribution in [3.63, 3.8) is 0 Å². The van der Waals surface area contributed by atoms with E-state index in [9.17, 15) is 5.11 Å². The molecule has 0 unspecified atom stereocenters. The molecule has 1 aliphatic rings. The molecule has 1 fully saturated rings. The number of aliphatic hydroxyl groups is 1. The Bertz CT molecular complexity index is 101. The highest BCUT2D eigenvalue weighted by atomic mass is 16.3. The molecule has 1 heterocycles. The lowest BCUT2D eigenvalue weighted by Crippen LogP contribution is -2.36. The second-order valence-corrected chi connectivity index (χ2v) is 2.68. The van der Waals surface area contributed by atoms with Crippen LogP contribution in [0.1, 0.15) is 0 Å². The third kappa shape index (κ3) is 1.44. The van der Waals surface area contributed by atoms with Gasteiger partial charge in [0.1, 0.15) is 0 Å². The summed E-state index contributed by atoms with van der Waals surface area (Å²) in [6, 6.07) is 0.273. The van der Waals surface area contributed by atoms with E-state index in [-0.39, 0.29) is 12.1 Å². The number of likely N-dealkylation sites (N-methyl/N-ethyl adjacent to an activating group) is 1. The van der Waals surface area contributed by atoms with Crippen LogP contribution in [0.2, 0.25) is 0 Å². The standard InChI is InChI=1S/C5H13BN2O/c1-7-4-2-8(6)3-5(4)9/h4-5,7,9H,2-3,6H2,1H3/t4-,5-/m0/s1. The summed E-state index contributed by atoms with van der Waals surface area (Å²) in [5, 5.41) is 12.3. The summed E-state index contributed by atoms with van der Waals surface area (Å²) in [7, 11) is 3.90. The number of hydrogen-bond acceptors (Lipinski definition) is 3. The monoisotopic (exact) mass is 128 g/mol. The summed E-state index contributed by atoms with van der Waals surface area (Å²) < 4.78 is 0. The average molecular weight is 128 g/mol. The highest BCUT2D eigenvalue weighted by Gasteiger charge is 2.26. The molecule has 0 aromatic rings. The Kier molecular flexibility index (Phi) is 2.11. The van der Waals surface area contributed by atoms with E-state index < -0.39 is 0 Å². The predicted octanol–water partition coefficient (Wildman–Crippen LogP) is -2.20. The van der Waals surface area contributed by atoms with Gasteiger partial charge in [-0.2, -0.15) is 0 Å². The molecule has 0 aromatic carbocycles. The van der Waals surface area contributed by atoms with Crippen molar-refractivity contribution in [1.29, 1.82) is 0 Å². The molecular formula is C5H13BN2O. The molecule has 1 rings (SSSR count). The van der Waals surface area contributed by atoms with Crippen molar-refractivity contribution >= 4 is 7.98 Å². The number of β-amino-alcohol motifs (C(OH)–C–C–N with tert-alkyl or cyclic N) is 1. The summed E-state index contributed by atoms with van der Waals surface area (Å²) in [6.45, 7) is 1.75. The van der Waals surface area contributed by atoms with Gasteiger partial charge in [0.2, 0.25) is 0 Å². The van der Waals surface area contributed by atoms with Gasteiger partial charge in [-0.3, -0.25) is 0 Å². The Morgan fingerprint density at radius 3 is 2.56 bits per heavy atom. The number of nitrogens with zero attached hydrogens (tertiary/aromatic N) is 1. The van der Waals surface area contributed by atoms with Crippen molar-refractivity contribution in [3.8, 4) is 0 Å². The van der Waals surface area contributed by atoms with Crippen LogP contribution in [-0.4, -0.2) is 50.2 Å². The fourth-order valence-electron chi connectivity index (χ4n) is 1.26. The summed E-state index contributed by atoms with van der Waals surface area (Å²) in [5.74, 6) is 0. The number of hydrogen-bond donors (Lipinski definition) is 2. The third-order valence-corrected chi connectivity index (χ3v) is 1.84. The van der Waals surface area contributed by atoms with Crippen LogP contribution >= 0.6 is 0 Å². The molecule has 2 atom stereocenters. The molecule has 0 saturated carbocycles. The molecule has 0 aliphatic carbocycles. The normalized spacial score (nSPS) is 37.6. The van der Waals surface area contributed by atoms with E-state index >= 15 is 0 Å². The van der Waals surface area contributed by atoms with Gasteiger partial charge in [0, 0.05) is 19.1 Å². The maximum Gasteiger partial charge on any atom is 0.185 e. The molecule has 9 heavy (non-hydrogen) atoms. The van der Waals surface area contributed by atoms with Gasteiger partial charge in [-0.15, -0.1) is 0 Å². The van der Waals surface area contributed by atoms with Crippen LogP contribution in [0, 0.1) is 0 Å². The van der Waals surface area contributed by atoms with E-state index in [1.165, 1.54) is 0 Å². The van der Waals surface area contributed by atoms with Crippen LogP contribution in [0.25, 0.3) is 0 Å². The van der Waals surface area contributed by atoms with Crippen molar-refractivity contribution in [3.05, 3.63) is 0 Å². The summed E-state index contributed by atoms with van der Waals surface area (Å²) >= 11 is 0. The van der Waals surface area contributed by atoms with Gasteiger partial charge in [0.05, 0.1) is 6.10 Å². The molecule has 3 nitrogen and oxygen atoms in total. The van der Waals surface area contributed by atoms with Crippen molar-refractivity contribution in [2.45, 2.75) is 12.1 Å². The fourth-order valence-corrected chi connectivity index (χ4v) is 1.26. The summed E-state index contributed by atoms with van der Waals surface area (Å²) in [4.78, 5) is 2.12. The highest BCUT2D eigenvalue weighted by Crippen LogP contribution is 2.05. The SMILES string of the molecule is BN1C[C@H](NC)[C@@H](O)C1. The van der Waals surface area contributed by atoms with Crippen LogP contribution in [0.3, 0.4) is 0 Å². The minimum absolute atomic E-state index is 0.181. The average Bonchev–Trinajstić information content (AvgIpc) is 2.10. The lowest BCUT2D eigenvalue weighted by molar-refractivity contribution is 0.164. The van der Waals surface area contributed by atoms with Gasteiger partial charge < -0.3 is 15.2 Å². The smallest absolute Gasteiger partial charge is 0.185 e. The largest absolute Gasteiger partial charge is 0.390 e. The topological polar surface area (TPSA) is 35.5 Å². The van der Waals surface area contributed by atoms with E-state index in [0.29, 0.717) is 0 Å². The van der Waals surface area contributed by atoms with Crippen molar-refractivity contribution in [1.82, 2.24) is 10.1 Å². The maximum absolute atomic E-state index is 9.26. The first-order valence-electron chi connectivity index (χ1n) is 3.28. The number of nitrogens with one attached hydrogen (secondary N) is 1. The Hall–Kier alpha value is -0.0551. The second-order valence-electron chi connectivity index (χ2n) is 2.68. The highest BCUT2D eigenvalue weighted by molar-refractivity contribution is 6.04. The van der Waals surface area contributed by atoms with E-state index in [1.807, 2.05) is 15.0 Å². The molecule has 2 N–H and O–H groups in total. The van der Waals surface area contributed by atoms with Gasteiger partial charge in [-0.05, 0) is 7.05 Å². The molecule has 1 aliphatic heterocycles. The van der Waals surface area contributed by atoms with Crippen LogP contribution in [0.4, 0.5) is 0 Å². The molecule has 52 valence electrons. The Morgan fingerprint density at radius 2 is 2.33 bits per heavy atom. The zero-order chi connectivity index (χ0) is 6.85. The first kappa shape index (κ1) is 7.06. The number of aliphatic hydroxyl groups excluding tert-OH is 1. The summed E-state index contributed by atoms with van der Waals surface area (Å²) in [5.41, 5.74) is 0. The minimum atomic E-state index is -0.181. The minimum Gasteiger partial charge on any atom is -0.390 e. The molecule has 0 radical (unpaired) electrons. The Balaban J connectivity index is 2.38. The van der Waals surface area contributed by atoms with E-state index in [1.54, 1.807) is 0 Å². The van der Waals surface area contributed by atoms with Crippen molar-refractivity contribution in [2.75, 3.05) is 20.1 Å². The van der Waals surface area contributed by atoms with Crippen LogP contribution in [0.5, 0.6) is 0 Å². The quantitative estimate of drug-likeness (QED) is 0.393. The van der Waals surface area contributed by atoms with E-state index in [2.05, 4.69) is 10.1 Å². The molecule has 0 amide bonds. The van der Waals surface area contributed by atoms with Crippen LogP contribution in [-0.2, 0) is 0 Å². The van der Waals surface area contributed by atoms with Crippen molar-refractivity contribution in [2.24, 2.45) is 0 Å². The molecular weight excluding hydrogens is 115 g/mol. The molecule has 0 aromatic heterocycles. The molecule has 0 bridgehead atoms. The van der Waals surface area contributed by atoms with E-state index in [4.69, 9.17) is 0 Å². The molecule has 0 spiro atoms. The fraction of sp³-hybridized carbons (Fsp3) is 1.00. The maximum atomic E-state index is 9.26. The third-order valence-electron chi connectivity index (χ3n) is 1.84.